The highest BCUT2D eigenvalue weighted by molar-refractivity contribution is 6.07. The van der Waals surface area contributed by atoms with E-state index in [0.29, 0.717) is 17.4 Å². The Bertz CT molecular complexity index is 1020. The zero-order valence-electron chi connectivity index (χ0n) is 16.1. The Morgan fingerprint density at radius 3 is 2.72 bits per heavy atom. The number of nitrogens with one attached hydrogen (secondary N) is 1. The number of pyridine rings is 2. The van der Waals surface area contributed by atoms with Crippen molar-refractivity contribution in [3.05, 3.63) is 60.6 Å². The zero-order valence-corrected chi connectivity index (χ0v) is 16.1. The first-order chi connectivity index (χ1) is 14.3. The molecule has 4 heterocycles. The third-order valence-electron chi connectivity index (χ3n) is 5.65. The summed E-state index contributed by atoms with van der Waals surface area (Å²) in [5.41, 5.74) is 2.91. The van der Waals surface area contributed by atoms with Crippen molar-refractivity contribution in [2.45, 2.75) is 6.04 Å². The molecule has 2 fully saturated rings. The second-order valence-corrected chi connectivity index (χ2v) is 7.44. The van der Waals surface area contributed by atoms with Crippen LogP contribution < -0.4 is 10.2 Å². The van der Waals surface area contributed by atoms with Gasteiger partial charge in [0.1, 0.15) is 5.69 Å². The van der Waals surface area contributed by atoms with E-state index in [1.807, 2.05) is 42.5 Å². The lowest BCUT2D eigenvalue weighted by molar-refractivity contribution is 0.0105. The first-order valence-corrected chi connectivity index (χ1v) is 9.96. The number of carbonyl (C=O) groups excluding carboxylic acids is 1. The van der Waals surface area contributed by atoms with Crippen molar-refractivity contribution in [3.63, 3.8) is 0 Å². The quantitative estimate of drug-likeness (QED) is 0.739. The van der Waals surface area contributed by atoms with Gasteiger partial charge in [-0.15, -0.1) is 0 Å². The van der Waals surface area contributed by atoms with Crippen molar-refractivity contribution in [1.82, 2.24) is 14.9 Å². The first kappa shape index (κ1) is 18.0. The zero-order chi connectivity index (χ0) is 19.6. The maximum atomic E-state index is 12.8. The van der Waals surface area contributed by atoms with Gasteiger partial charge < -0.3 is 15.0 Å². The number of carbonyl (C=O) groups is 1. The van der Waals surface area contributed by atoms with Crippen molar-refractivity contribution in [3.8, 4) is 0 Å². The first-order valence-electron chi connectivity index (χ1n) is 9.96. The Balaban J connectivity index is 1.28. The summed E-state index contributed by atoms with van der Waals surface area (Å²) in [6, 6.07) is 14.0. The third kappa shape index (κ3) is 3.66. The number of hydrogen-bond acceptors (Lipinski definition) is 6. The summed E-state index contributed by atoms with van der Waals surface area (Å²) in [5.74, 6) is -0.227. The maximum Gasteiger partial charge on any atom is 0.274 e. The number of fused-ring (bicyclic) bond motifs is 1. The molecule has 0 spiro atoms. The van der Waals surface area contributed by atoms with Crippen LogP contribution in [-0.2, 0) is 4.74 Å². The summed E-state index contributed by atoms with van der Waals surface area (Å²) in [5, 5.41) is 3.95. The van der Waals surface area contributed by atoms with Crippen molar-refractivity contribution >= 4 is 28.2 Å². The van der Waals surface area contributed by atoms with Crippen LogP contribution in [0.5, 0.6) is 0 Å². The van der Waals surface area contributed by atoms with E-state index in [9.17, 15) is 4.79 Å². The van der Waals surface area contributed by atoms with Gasteiger partial charge in [0.25, 0.3) is 5.91 Å². The molecule has 2 aromatic heterocycles. The van der Waals surface area contributed by atoms with E-state index >= 15 is 0 Å². The lowest BCUT2D eigenvalue weighted by Gasteiger charge is -2.47. The standard InChI is InChI=1S/C22H23N5O2/c28-22(25-19-5-1-3-16-4-2-7-24-21(16)19)20-13-17(6-8-23-20)27-14-18(15-27)26-9-11-29-12-10-26/h1-8,13,18H,9-12,14-15H2,(H,25,28). The number of hydrogen-bond donors (Lipinski definition) is 1. The third-order valence-corrected chi connectivity index (χ3v) is 5.65. The van der Waals surface area contributed by atoms with Crippen molar-refractivity contribution in [2.24, 2.45) is 0 Å². The van der Waals surface area contributed by atoms with Gasteiger partial charge >= 0.3 is 0 Å². The predicted molar refractivity (Wildman–Crippen MR) is 112 cm³/mol. The molecule has 7 nitrogen and oxygen atoms in total. The normalized spacial score (nSPS) is 17.9. The minimum atomic E-state index is -0.227. The summed E-state index contributed by atoms with van der Waals surface area (Å²) in [4.78, 5) is 26.3. The van der Waals surface area contributed by atoms with Crippen LogP contribution in [0.4, 0.5) is 11.4 Å². The van der Waals surface area contributed by atoms with Gasteiger partial charge in [-0.1, -0.05) is 18.2 Å². The van der Waals surface area contributed by atoms with Gasteiger partial charge in [0.05, 0.1) is 24.4 Å². The summed E-state index contributed by atoms with van der Waals surface area (Å²) in [7, 11) is 0. The highest BCUT2D eigenvalue weighted by Crippen LogP contribution is 2.25. The molecule has 2 saturated heterocycles. The molecular formula is C22H23N5O2. The molecule has 5 rings (SSSR count). The number of ether oxygens (including phenoxy) is 1. The molecule has 2 aliphatic heterocycles. The molecule has 0 bridgehead atoms. The second kappa shape index (κ2) is 7.77. The maximum absolute atomic E-state index is 12.8. The van der Waals surface area contributed by atoms with E-state index in [2.05, 4.69) is 25.1 Å². The fraction of sp³-hybridized carbons (Fsp3) is 0.318. The van der Waals surface area contributed by atoms with Crippen molar-refractivity contribution in [1.29, 1.82) is 0 Å². The molecule has 0 aliphatic carbocycles. The molecular weight excluding hydrogens is 366 g/mol. The van der Waals surface area contributed by atoms with Crippen LogP contribution in [0.15, 0.2) is 54.9 Å². The molecule has 0 radical (unpaired) electrons. The number of nitrogens with zero attached hydrogens (tertiary/aromatic N) is 4. The molecule has 2 aliphatic rings. The van der Waals surface area contributed by atoms with Gasteiger partial charge in [-0.2, -0.15) is 0 Å². The smallest absolute Gasteiger partial charge is 0.274 e. The Morgan fingerprint density at radius 1 is 1.03 bits per heavy atom. The highest BCUT2D eigenvalue weighted by atomic mass is 16.5. The highest BCUT2D eigenvalue weighted by Gasteiger charge is 2.33. The van der Waals surface area contributed by atoms with Crippen LogP contribution in [0.3, 0.4) is 0 Å². The van der Waals surface area contributed by atoms with Gasteiger partial charge in [0, 0.05) is 55.7 Å². The Labute approximate surface area is 169 Å². The van der Waals surface area contributed by atoms with E-state index in [0.717, 1.165) is 56.0 Å². The fourth-order valence-corrected chi connectivity index (χ4v) is 3.97. The van der Waals surface area contributed by atoms with E-state index in [1.54, 1.807) is 12.4 Å². The van der Waals surface area contributed by atoms with Crippen molar-refractivity contribution in [2.75, 3.05) is 49.6 Å². The largest absolute Gasteiger partial charge is 0.379 e. The molecule has 0 saturated carbocycles. The van der Waals surface area contributed by atoms with Gasteiger partial charge in [-0.25, -0.2) is 0 Å². The van der Waals surface area contributed by atoms with Crippen molar-refractivity contribution < 1.29 is 9.53 Å². The second-order valence-electron chi connectivity index (χ2n) is 7.44. The molecule has 0 atom stereocenters. The fourth-order valence-electron chi connectivity index (χ4n) is 3.97. The molecule has 3 aromatic rings. The molecule has 148 valence electrons. The van der Waals surface area contributed by atoms with E-state index in [-0.39, 0.29) is 5.91 Å². The number of benzene rings is 1. The van der Waals surface area contributed by atoms with Crippen LogP contribution in [0.2, 0.25) is 0 Å². The number of aromatic nitrogens is 2. The molecule has 1 amide bonds. The SMILES string of the molecule is O=C(Nc1cccc2cccnc12)c1cc(N2CC(N3CCOCC3)C2)ccn1. The summed E-state index contributed by atoms with van der Waals surface area (Å²) in [6.07, 6.45) is 3.43. The average Bonchev–Trinajstić information content (AvgIpc) is 2.74. The minimum Gasteiger partial charge on any atom is -0.379 e. The van der Waals surface area contributed by atoms with E-state index in [4.69, 9.17) is 4.74 Å². The Hall–Kier alpha value is -3.03. The molecule has 0 unspecified atom stereocenters. The van der Waals surface area contributed by atoms with Crippen LogP contribution in [-0.4, -0.2) is 66.2 Å². The lowest BCUT2D eigenvalue weighted by Crippen LogP contribution is -2.61. The Kier molecular flexibility index (Phi) is 4.83. The number of amides is 1. The molecule has 1 aromatic carbocycles. The molecule has 29 heavy (non-hydrogen) atoms. The van der Waals surface area contributed by atoms with Gasteiger partial charge in [0.15, 0.2) is 0 Å². The van der Waals surface area contributed by atoms with Gasteiger partial charge in [-0.3, -0.25) is 19.7 Å². The molecule has 7 heteroatoms. The molecule has 1 N–H and O–H groups in total. The van der Waals surface area contributed by atoms with Gasteiger partial charge in [-0.05, 0) is 24.3 Å². The van der Waals surface area contributed by atoms with Crippen LogP contribution in [0, 0.1) is 0 Å². The Morgan fingerprint density at radius 2 is 1.86 bits per heavy atom. The number of anilines is 2. The summed E-state index contributed by atoms with van der Waals surface area (Å²) < 4.78 is 5.44. The number of morpholine rings is 1. The van der Waals surface area contributed by atoms with E-state index in [1.165, 1.54) is 0 Å². The average molecular weight is 389 g/mol. The number of rotatable bonds is 4. The van der Waals surface area contributed by atoms with Crippen LogP contribution >= 0.6 is 0 Å². The monoisotopic (exact) mass is 389 g/mol. The number of para-hydroxylation sites is 1. The van der Waals surface area contributed by atoms with Crippen LogP contribution in [0.1, 0.15) is 10.5 Å². The van der Waals surface area contributed by atoms with Crippen LogP contribution in [0.25, 0.3) is 10.9 Å². The topological polar surface area (TPSA) is 70.6 Å². The van der Waals surface area contributed by atoms with Gasteiger partial charge in [0.2, 0.25) is 0 Å². The summed E-state index contributed by atoms with van der Waals surface area (Å²) >= 11 is 0. The minimum absolute atomic E-state index is 0.227. The lowest BCUT2D eigenvalue weighted by atomic mass is 10.1. The predicted octanol–water partition coefficient (Wildman–Crippen LogP) is 2.40. The summed E-state index contributed by atoms with van der Waals surface area (Å²) in [6.45, 7) is 5.58. The van der Waals surface area contributed by atoms with E-state index < -0.39 is 0 Å².